The van der Waals surface area contributed by atoms with Crippen molar-refractivity contribution < 1.29 is 9.53 Å². The minimum Gasteiger partial charge on any atom is -0.495 e. The number of methoxy groups -OCH3 is 1. The molecule has 2 heterocycles. The normalized spacial score (nSPS) is 17.2. The molecule has 0 unspecified atom stereocenters. The molecule has 0 bridgehead atoms. The van der Waals surface area contributed by atoms with Crippen molar-refractivity contribution in [1.82, 2.24) is 10.3 Å². The van der Waals surface area contributed by atoms with Gasteiger partial charge in [-0.05, 0) is 37.1 Å². The van der Waals surface area contributed by atoms with Gasteiger partial charge >= 0.3 is 6.03 Å². The van der Waals surface area contributed by atoms with Crippen LogP contribution in [0.5, 0.6) is 5.75 Å². The van der Waals surface area contributed by atoms with Gasteiger partial charge in [0.2, 0.25) is 0 Å². The molecule has 1 atom stereocenters. The van der Waals surface area contributed by atoms with E-state index in [0.29, 0.717) is 5.69 Å². The molecule has 6 heteroatoms. The number of rotatable bonds is 4. The van der Waals surface area contributed by atoms with E-state index in [1.165, 1.54) is 0 Å². The van der Waals surface area contributed by atoms with Gasteiger partial charge in [0, 0.05) is 25.3 Å². The smallest absolute Gasteiger partial charge is 0.319 e. The van der Waals surface area contributed by atoms with Crippen LogP contribution in [0.1, 0.15) is 12.8 Å². The van der Waals surface area contributed by atoms with Crippen LogP contribution < -0.4 is 20.3 Å². The average Bonchev–Trinajstić information content (AvgIpc) is 2.62. The molecule has 0 saturated carbocycles. The lowest BCUT2D eigenvalue weighted by molar-refractivity contribution is 0.246. The van der Waals surface area contributed by atoms with Crippen LogP contribution in [0.3, 0.4) is 0 Å². The van der Waals surface area contributed by atoms with Crippen LogP contribution >= 0.6 is 0 Å². The molecule has 3 rings (SSSR count). The van der Waals surface area contributed by atoms with E-state index in [2.05, 4.69) is 26.6 Å². The van der Waals surface area contributed by atoms with Gasteiger partial charge in [-0.1, -0.05) is 12.1 Å². The molecule has 1 saturated heterocycles. The maximum absolute atomic E-state index is 12.2. The third-order valence-electron chi connectivity index (χ3n) is 4.10. The fraction of sp³-hybridized carbons (Fsp3) is 0.333. The number of nitrogens with one attached hydrogen (secondary N) is 2. The Balaban J connectivity index is 1.60. The number of urea groups is 1. The fourth-order valence-electron chi connectivity index (χ4n) is 2.99. The topological polar surface area (TPSA) is 66.5 Å². The minimum atomic E-state index is -0.199. The number of ether oxygens (including phenoxy) is 1. The van der Waals surface area contributed by atoms with Crippen LogP contribution in [0.2, 0.25) is 0 Å². The first-order valence-electron chi connectivity index (χ1n) is 8.12. The second-order valence-electron chi connectivity index (χ2n) is 5.80. The van der Waals surface area contributed by atoms with Gasteiger partial charge < -0.3 is 20.3 Å². The molecule has 0 spiro atoms. The van der Waals surface area contributed by atoms with E-state index < -0.39 is 0 Å². The fourth-order valence-corrected chi connectivity index (χ4v) is 2.99. The van der Waals surface area contributed by atoms with E-state index in [9.17, 15) is 4.79 Å². The predicted molar refractivity (Wildman–Crippen MR) is 94.6 cm³/mol. The van der Waals surface area contributed by atoms with Crippen LogP contribution in [0.25, 0.3) is 0 Å². The van der Waals surface area contributed by atoms with Gasteiger partial charge in [-0.3, -0.25) is 4.98 Å². The Morgan fingerprint density at radius 1 is 1.29 bits per heavy atom. The van der Waals surface area contributed by atoms with Crippen molar-refractivity contribution in [3.8, 4) is 5.75 Å². The van der Waals surface area contributed by atoms with Gasteiger partial charge in [-0.25, -0.2) is 4.79 Å². The molecule has 0 radical (unpaired) electrons. The third kappa shape index (κ3) is 3.95. The van der Waals surface area contributed by atoms with Crippen molar-refractivity contribution in [3.05, 3.63) is 48.8 Å². The molecule has 1 aromatic carbocycles. The summed E-state index contributed by atoms with van der Waals surface area (Å²) in [6, 6.07) is 11.5. The molecule has 2 amide bonds. The summed E-state index contributed by atoms with van der Waals surface area (Å²) in [6.07, 6.45) is 5.29. The Hall–Kier alpha value is -2.76. The number of pyridine rings is 1. The number of aromatic nitrogens is 1. The Kier molecular flexibility index (Phi) is 5.15. The highest BCUT2D eigenvalue weighted by atomic mass is 16.5. The summed E-state index contributed by atoms with van der Waals surface area (Å²) >= 11 is 0. The molecule has 1 aliphatic heterocycles. The number of carbonyl (C=O) groups is 1. The van der Waals surface area contributed by atoms with Gasteiger partial charge in [0.1, 0.15) is 5.75 Å². The highest BCUT2D eigenvalue weighted by Crippen LogP contribution is 2.29. The first-order chi connectivity index (χ1) is 11.8. The third-order valence-corrected chi connectivity index (χ3v) is 4.10. The van der Waals surface area contributed by atoms with Crippen LogP contribution in [-0.4, -0.2) is 37.3 Å². The molecule has 0 aliphatic carbocycles. The first-order valence-corrected chi connectivity index (χ1v) is 8.12. The number of piperidine rings is 1. The predicted octanol–water partition coefficient (Wildman–Crippen LogP) is 2.88. The standard InChI is InChI=1S/C18H22N4O2/c1-24-17-9-3-2-8-16(17)22-11-5-7-15(13-22)21-18(23)20-14-6-4-10-19-12-14/h2-4,6,8-10,12,15H,5,7,11,13H2,1H3,(H2,20,21,23)/t15-/m1/s1. The van der Waals surface area contributed by atoms with E-state index in [-0.39, 0.29) is 12.1 Å². The summed E-state index contributed by atoms with van der Waals surface area (Å²) < 4.78 is 5.45. The molecular weight excluding hydrogens is 304 g/mol. The maximum atomic E-state index is 12.2. The van der Waals surface area contributed by atoms with Crippen LogP contribution in [0.15, 0.2) is 48.8 Å². The molecule has 24 heavy (non-hydrogen) atoms. The number of para-hydroxylation sites is 2. The minimum absolute atomic E-state index is 0.0975. The van der Waals surface area contributed by atoms with Crippen molar-refractivity contribution >= 4 is 17.4 Å². The monoisotopic (exact) mass is 326 g/mol. The van der Waals surface area contributed by atoms with Crippen LogP contribution in [0, 0.1) is 0 Å². The van der Waals surface area contributed by atoms with Crippen molar-refractivity contribution in [2.75, 3.05) is 30.4 Å². The second kappa shape index (κ2) is 7.68. The number of benzene rings is 1. The zero-order valence-corrected chi connectivity index (χ0v) is 13.7. The lowest BCUT2D eigenvalue weighted by Gasteiger charge is -2.35. The molecule has 1 aromatic heterocycles. The molecule has 6 nitrogen and oxygen atoms in total. The van der Waals surface area contributed by atoms with E-state index in [4.69, 9.17) is 4.74 Å². The molecule has 1 fully saturated rings. The number of hydrogen-bond donors (Lipinski definition) is 2. The average molecular weight is 326 g/mol. The first kappa shape index (κ1) is 16.1. The van der Waals surface area contributed by atoms with E-state index in [1.54, 1.807) is 25.6 Å². The van der Waals surface area contributed by atoms with Crippen LogP contribution in [0.4, 0.5) is 16.2 Å². The second-order valence-corrected chi connectivity index (χ2v) is 5.80. The summed E-state index contributed by atoms with van der Waals surface area (Å²) in [5, 5.41) is 5.85. The number of anilines is 2. The van der Waals surface area contributed by atoms with E-state index in [1.807, 2.05) is 24.3 Å². The van der Waals surface area contributed by atoms with Crippen LogP contribution in [-0.2, 0) is 0 Å². The summed E-state index contributed by atoms with van der Waals surface area (Å²) in [7, 11) is 1.68. The number of amides is 2. The Labute approximate surface area is 141 Å². The van der Waals surface area contributed by atoms with Gasteiger partial charge in [0.15, 0.2) is 0 Å². The number of carbonyl (C=O) groups excluding carboxylic acids is 1. The van der Waals surface area contributed by atoms with Crippen molar-refractivity contribution in [2.45, 2.75) is 18.9 Å². The molecule has 126 valence electrons. The van der Waals surface area contributed by atoms with Gasteiger partial charge in [-0.15, -0.1) is 0 Å². The summed E-state index contributed by atoms with van der Waals surface area (Å²) in [5.41, 5.74) is 1.76. The largest absolute Gasteiger partial charge is 0.495 e. The summed E-state index contributed by atoms with van der Waals surface area (Å²) in [4.78, 5) is 18.4. The Morgan fingerprint density at radius 3 is 2.96 bits per heavy atom. The van der Waals surface area contributed by atoms with Crippen molar-refractivity contribution in [2.24, 2.45) is 0 Å². The van der Waals surface area contributed by atoms with E-state index >= 15 is 0 Å². The zero-order valence-electron chi connectivity index (χ0n) is 13.7. The maximum Gasteiger partial charge on any atom is 0.319 e. The SMILES string of the molecule is COc1ccccc1N1CCC[C@@H](NC(=O)Nc2cccnc2)C1. The van der Waals surface area contributed by atoms with Crippen molar-refractivity contribution in [3.63, 3.8) is 0 Å². The van der Waals surface area contributed by atoms with Gasteiger partial charge in [-0.2, -0.15) is 0 Å². The quantitative estimate of drug-likeness (QED) is 0.907. The lowest BCUT2D eigenvalue weighted by atomic mass is 10.0. The molecule has 2 N–H and O–H groups in total. The highest BCUT2D eigenvalue weighted by molar-refractivity contribution is 5.89. The highest BCUT2D eigenvalue weighted by Gasteiger charge is 2.23. The van der Waals surface area contributed by atoms with Gasteiger partial charge in [0.25, 0.3) is 0 Å². The Bertz CT molecular complexity index is 678. The lowest BCUT2D eigenvalue weighted by Crippen LogP contribution is -2.49. The Morgan fingerprint density at radius 2 is 2.17 bits per heavy atom. The molecule has 2 aromatic rings. The van der Waals surface area contributed by atoms with E-state index in [0.717, 1.165) is 37.4 Å². The van der Waals surface area contributed by atoms with Gasteiger partial charge in [0.05, 0.1) is 24.7 Å². The molecule has 1 aliphatic rings. The number of hydrogen-bond acceptors (Lipinski definition) is 4. The zero-order chi connectivity index (χ0) is 16.8. The number of nitrogens with zero attached hydrogens (tertiary/aromatic N) is 2. The molecular formula is C18H22N4O2. The summed E-state index contributed by atoms with van der Waals surface area (Å²) in [6.45, 7) is 1.73. The summed E-state index contributed by atoms with van der Waals surface area (Å²) in [5.74, 6) is 0.859. The van der Waals surface area contributed by atoms with Crippen molar-refractivity contribution in [1.29, 1.82) is 0 Å².